The van der Waals surface area contributed by atoms with Crippen molar-refractivity contribution in [1.29, 1.82) is 0 Å². The van der Waals surface area contributed by atoms with Crippen molar-refractivity contribution >= 4 is 24.2 Å². The van der Waals surface area contributed by atoms with Crippen molar-refractivity contribution in [3.63, 3.8) is 0 Å². The molecule has 1 aromatic rings. The fourth-order valence-electron chi connectivity index (χ4n) is 2.10. The molecule has 142 valence electrons. The molecule has 0 aromatic heterocycles. The summed E-state index contributed by atoms with van der Waals surface area (Å²) in [6.07, 6.45) is -0.190. The highest BCUT2D eigenvalue weighted by Gasteiger charge is 2.28. The van der Waals surface area contributed by atoms with Crippen molar-refractivity contribution in [3.05, 3.63) is 29.8 Å². The van der Waals surface area contributed by atoms with Crippen LogP contribution in [0.3, 0.4) is 0 Å². The Labute approximate surface area is 151 Å². The topological polar surface area (TPSA) is 93.4 Å². The van der Waals surface area contributed by atoms with Gasteiger partial charge in [-0.3, -0.25) is 9.59 Å². The van der Waals surface area contributed by atoms with Gasteiger partial charge in [0.15, 0.2) is 0 Å². The lowest BCUT2D eigenvalue weighted by atomic mass is 10.0. The van der Waals surface area contributed by atoms with Gasteiger partial charge in [-0.2, -0.15) is 0 Å². The first-order chi connectivity index (χ1) is 11.3. The second kappa shape index (κ2) is 10.8. The Kier molecular flexibility index (Phi) is 10.00. The standard InChI is InChI=1S/C16H23F2N3O3.ClH/c1-3-24-14-7-5-4-6-12(14)13(21-11(2)22)8-15(23)20-10-16(17,18)9-19;/h4-7,13H,3,8-10,19H2,1-2H3,(H,20,23)(H,21,22);1H. The molecule has 1 rings (SSSR count). The van der Waals surface area contributed by atoms with E-state index >= 15 is 0 Å². The monoisotopic (exact) mass is 379 g/mol. The largest absolute Gasteiger partial charge is 0.494 e. The Balaban J connectivity index is 0.00000576. The highest BCUT2D eigenvalue weighted by molar-refractivity contribution is 5.85. The summed E-state index contributed by atoms with van der Waals surface area (Å²) in [7, 11) is 0. The molecular formula is C16H24ClF2N3O3. The van der Waals surface area contributed by atoms with Crippen molar-refractivity contribution in [1.82, 2.24) is 10.6 Å². The molecule has 0 aliphatic heterocycles. The van der Waals surface area contributed by atoms with E-state index in [0.717, 1.165) is 0 Å². The van der Waals surface area contributed by atoms with Crippen LogP contribution in [-0.2, 0) is 9.59 Å². The zero-order valence-electron chi connectivity index (χ0n) is 14.2. The number of hydrogen-bond donors (Lipinski definition) is 3. The van der Waals surface area contributed by atoms with E-state index in [-0.39, 0.29) is 24.7 Å². The lowest BCUT2D eigenvalue weighted by molar-refractivity contribution is -0.124. The number of carbonyl (C=O) groups is 2. The molecule has 1 aromatic carbocycles. The summed E-state index contributed by atoms with van der Waals surface area (Å²) in [6, 6.07) is 6.26. The maximum absolute atomic E-state index is 13.1. The van der Waals surface area contributed by atoms with Gasteiger partial charge >= 0.3 is 0 Å². The molecule has 0 spiro atoms. The van der Waals surface area contributed by atoms with Crippen molar-refractivity contribution in [2.75, 3.05) is 19.7 Å². The van der Waals surface area contributed by atoms with Gasteiger partial charge in [0, 0.05) is 12.5 Å². The molecular weight excluding hydrogens is 356 g/mol. The number of rotatable bonds is 9. The number of amides is 2. The lowest BCUT2D eigenvalue weighted by Crippen LogP contribution is -2.42. The SMILES string of the molecule is CCOc1ccccc1C(CC(=O)NCC(F)(F)CN)NC(C)=O.Cl. The Morgan fingerprint density at radius 3 is 2.52 bits per heavy atom. The zero-order valence-corrected chi connectivity index (χ0v) is 15.0. The molecule has 0 radical (unpaired) electrons. The molecule has 0 saturated carbocycles. The molecule has 0 aliphatic carbocycles. The summed E-state index contributed by atoms with van der Waals surface area (Å²) >= 11 is 0. The van der Waals surface area contributed by atoms with E-state index in [2.05, 4.69) is 10.6 Å². The number of hydrogen-bond acceptors (Lipinski definition) is 4. The van der Waals surface area contributed by atoms with Crippen LogP contribution in [0.5, 0.6) is 5.75 Å². The van der Waals surface area contributed by atoms with E-state index < -0.39 is 31.0 Å². The maximum atomic E-state index is 13.1. The number of ether oxygens (including phenoxy) is 1. The van der Waals surface area contributed by atoms with E-state index in [9.17, 15) is 18.4 Å². The summed E-state index contributed by atoms with van der Waals surface area (Å²) in [5.41, 5.74) is 5.54. The van der Waals surface area contributed by atoms with Gasteiger partial charge in [0.25, 0.3) is 5.92 Å². The summed E-state index contributed by atoms with van der Waals surface area (Å²) < 4.78 is 31.7. The van der Waals surface area contributed by atoms with Gasteiger partial charge in [-0.05, 0) is 13.0 Å². The molecule has 9 heteroatoms. The molecule has 1 atom stereocenters. The van der Waals surface area contributed by atoms with Crippen LogP contribution in [0.4, 0.5) is 8.78 Å². The highest BCUT2D eigenvalue weighted by Crippen LogP contribution is 2.27. The van der Waals surface area contributed by atoms with Crippen LogP contribution >= 0.6 is 12.4 Å². The number of carbonyl (C=O) groups excluding carboxylic acids is 2. The van der Waals surface area contributed by atoms with Crippen molar-refractivity contribution in [3.8, 4) is 5.75 Å². The number of para-hydroxylation sites is 1. The quantitative estimate of drug-likeness (QED) is 0.609. The second-order valence-corrected chi connectivity index (χ2v) is 5.26. The molecule has 0 heterocycles. The Morgan fingerprint density at radius 1 is 1.32 bits per heavy atom. The summed E-state index contributed by atoms with van der Waals surface area (Å²) in [6.45, 7) is 1.85. The fraction of sp³-hybridized carbons (Fsp3) is 0.500. The number of benzene rings is 1. The van der Waals surface area contributed by atoms with Crippen LogP contribution < -0.4 is 21.1 Å². The van der Waals surface area contributed by atoms with E-state index in [0.29, 0.717) is 17.9 Å². The fourth-order valence-corrected chi connectivity index (χ4v) is 2.10. The number of alkyl halides is 2. The molecule has 0 fully saturated rings. The highest BCUT2D eigenvalue weighted by atomic mass is 35.5. The average Bonchev–Trinajstić information content (AvgIpc) is 2.53. The van der Waals surface area contributed by atoms with Gasteiger partial charge in [-0.1, -0.05) is 18.2 Å². The van der Waals surface area contributed by atoms with E-state index in [1.165, 1.54) is 6.92 Å². The Morgan fingerprint density at radius 2 is 1.96 bits per heavy atom. The minimum atomic E-state index is -3.16. The van der Waals surface area contributed by atoms with Gasteiger partial charge in [-0.15, -0.1) is 12.4 Å². The van der Waals surface area contributed by atoms with Crippen LogP contribution in [0, 0.1) is 0 Å². The van der Waals surface area contributed by atoms with Gasteiger partial charge in [0.2, 0.25) is 11.8 Å². The molecule has 25 heavy (non-hydrogen) atoms. The van der Waals surface area contributed by atoms with Gasteiger partial charge in [0.05, 0.1) is 32.2 Å². The second-order valence-electron chi connectivity index (χ2n) is 5.26. The van der Waals surface area contributed by atoms with E-state index in [1.807, 2.05) is 6.92 Å². The Bertz CT molecular complexity index is 573. The number of nitrogens with one attached hydrogen (secondary N) is 2. The smallest absolute Gasteiger partial charge is 0.277 e. The minimum absolute atomic E-state index is 0. The van der Waals surface area contributed by atoms with Gasteiger partial charge in [-0.25, -0.2) is 8.78 Å². The van der Waals surface area contributed by atoms with E-state index in [4.69, 9.17) is 10.5 Å². The van der Waals surface area contributed by atoms with Crippen molar-refractivity contribution in [2.45, 2.75) is 32.2 Å². The van der Waals surface area contributed by atoms with Crippen LogP contribution in [0.1, 0.15) is 31.9 Å². The minimum Gasteiger partial charge on any atom is -0.494 e. The Hall–Kier alpha value is -1.93. The van der Waals surface area contributed by atoms with Crippen LogP contribution in [0.15, 0.2) is 24.3 Å². The number of halogens is 3. The first-order valence-electron chi connectivity index (χ1n) is 7.62. The first kappa shape index (κ1) is 23.1. The summed E-state index contributed by atoms with van der Waals surface area (Å²) in [4.78, 5) is 23.4. The third kappa shape index (κ3) is 8.13. The van der Waals surface area contributed by atoms with Gasteiger partial charge < -0.3 is 21.1 Å². The zero-order chi connectivity index (χ0) is 18.2. The number of nitrogens with two attached hydrogens (primary N) is 1. The third-order valence-corrected chi connectivity index (χ3v) is 3.20. The van der Waals surface area contributed by atoms with Crippen LogP contribution in [0.2, 0.25) is 0 Å². The average molecular weight is 380 g/mol. The maximum Gasteiger partial charge on any atom is 0.277 e. The van der Waals surface area contributed by atoms with E-state index in [1.54, 1.807) is 24.3 Å². The first-order valence-corrected chi connectivity index (χ1v) is 7.62. The summed E-state index contributed by atoms with van der Waals surface area (Å²) in [5, 5.41) is 4.78. The molecule has 0 bridgehead atoms. The third-order valence-electron chi connectivity index (χ3n) is 3.20. The molecule has 4 N–H and O–H groups in total. The van der Waals surface area contributed by atoms with Gasteiger partial charge in [0.1, 0.15) is 5.75 Å². The predicted molar refractivity (Wildman–Crippen MR) is 93.0 cm³/mol. The normalized spacial score (nSPS) is 11.9. The van der Waals surface area contributed by atoms with Crippen LogP contribution in [-0.4, -0.2) is 37.4 Å². The van der Waals surface area contributed by atoms with Crippen molar-refractivity contribution < 1.29 is 23.1 Å². The van der Waals surface area contributed by atoms with Crippen molar-refractivity contribution in [2.24, 2.45) is 5.73 Å². The molecule has 6 nitrogen and oxygen atoms in total. The molecule has 0 saturated heterocycles. The molecule has 2 amide bonds. The van der Waals surface area contributed by atoms with Crippen LogP contribution in [0.25, 0.3) is 0 Å². The molecule has 0 aliphatic rings. The predicted octanol–water partition coefficient (Wildman–Crippen LogP) is 1.78. The summed E-state index contributed by atoms with van der Waals surface area (Å²) in [5.74, 6) is -3.60. The molecule has 1 unspecified atom stereocenters. The lowest BCUT2D eigenvalue weighted by Gasteiger charge is -2.21.